The van der Waals surface area contributed by atoms with Crippen molar-refractivity contribution in [1.82, 2.24) is 0 Å². The van der Waals surface area contributed by atoms with Gasteiger partial charge in [0.2, 0.25) is 0 Å². The summed E-state index contributed by atoms with van der Waals surface area (Å²) in [4.78, 5) is 13.5. The zero-order valence-corrected chi connectivity index (χ0v) is 25.4. The summed E-state index contributed by atoms with van der Waals surface area (Å²) in [6, 6.07) is 38.2. The minimum absolute atomic E-state index is 0.0818. The molecule has 4 aromatic carbocycles. The van der Waals surface area contributed by atoms with Crippen molar-refractivity contribution in [2.75, 3.05) is 5.32 Å². The van der Waals surface area contributed by atoms with E-state index in [1.54, 1.807) is 0 Å². The van der Waals surface area contributed by atoms with Crippen LogP contribution in [0.15, 0.2) is 121 Å². The second-order valence-corrected chi connectivity index (χ2v) is 15.1. The first-order chi connectivity index (χ1) is 19.8. The molecular formula is C38H37NOSi. The first-order valence-corrected chi connectivity index (χ1v) is 16.2. The number of nitrogens with one attached hydrogen (secondary N) is 1. The molecule has 4 aromatic rings. The summed E-state index contributed by atoms with van der Waals surface area (Å²) in [5.74, 6) is 6.91. The van der Waals surface area contributed by atoms with Crippen molar-refractivity contribution < 1.29 is 4.79 Å². The van der Waals surface area contributed by atoms with Gasteiger partial charge in [0.15, 0.2) is 0 Å². The van der Waals surface area contributed by atoms with Gasteiger partial charge < -0.3 is 5.32 Å². The molecule has 0 spiro atoms. The Bertz CT molecular complexity index is 1550. The van der Waals surface area contributed by atoms with Crippen molar-refractivity contribution in [2.45, 2.75) is 45.6 Å². The highest BCUT2D eigenvalue weighted by molar-refractivity contribution is 7.06. The lowest BCUT2D eigenvalue weighted by Gasteiger charge is -2.35. The highest BCUT2D eigenvalue weighted by Crippen LogP contribution is 2.36. The zero-order chi connectivity index (χ0) is 29.1. The number of carbonyl (C=O) groups excluding carboxylic acids is 1. The number of benzene rings is 4. The Morgan fingerprint density at radius 2 is 1.22 bits per heavy atom. The molecule has 204 valence electrons. The highest BCUT2D eigenvalue weighted by atomic mass is 28.3. The number of carbonyl (C=O) groups is 1. The molecule has 0 aliphatic carbocycles. The van der Waals surface area contributed by atoms with Gasteiger partial charge >= 0.3 is 0 Å². The van der Waals surface area contributed by atoms with Gasteiger partial charge in [-0.15, -0.1) is 11.1 Å². The molecule has 0 saturated heterocycles. The van der Waals surface area contributed by atoms with Crippen LogP contribution >= 0.6 is 0 Å². The van der Waals surface area contributed by atoms with Gasteiger partial charge in [-0.3, -0.25) is 4.79 Å². The Kier molecular flexibility index (Phi) is 9.80. The maximum atomic E-state index is 13.5. The topological polar surface area (TPSA) is 29.1 Å². The molecule has 3 heteroatoms. The molecule has 41 heavy (non-hydrogen) atoms. The number of amides is 1. The largest absolute Gasteiger partial charge is 0.322 e. The maximum absolute atomic E-state index is 13.5. The molecule has 0 radical (unpaired) electrons. The molecule has 0 atom stereocenters. The summed E-state index contributed by atoms with van der Waals surface area (Å²) in [6.07, 6.45) is 3.58. The van der Waals surface area contributed by atoms with Gasteiger partial charge in [-0.2, -0.15) is 0 Å². The average molecular weight is 552 g/mol. The number of hydrogen-bond acceptors (Lipinski definition) is 1. The molecule has 2 nitrogen and oxygen atoms in total. The van der Waals surface area contributed by atoms with E-state index in [0.29, 0.717) is 6.42 Å². The first kappa shape index (κ1) is 29.4. The maximum Gasteiger partial charge on any atom is 0.252 e. The molecule has 1 amide bonds. The predicted octanol–water partition coefficient (Wildman–Crippen LogP) is 8.15. The fourth-order valence-electron chi connectivity index (χ4n) is 4.73. The van der Waals surface area contributed by atoms with Gasteiger partial charge in [0.05, 0.1) is 0 Å². The van der Waals surface area contributed by atoms with Gasteiger partial charge in [0.1, 0.15) is 0 Å². The van der Waals surface area contributed by atoms with Crippen molar-refractivity contribution in [3.05, 3.63) is 138 Å². The fraction of sp³-hybridized carbons (Fsp3) is 0.184. The van der Waals surface area contributed by atoms with Crippen molar-refractivity contribution in [1.29, 1.82) is 0 Å². The monoisotopic (exact) mass is 551 g/mol. The zero-order valence-electron chi connectivity index (χ0n) is 24.4. The van der Waals surface area contributed by atoms with Crippen LogP contribution in [0.4, 0.5) is 5.69 Å². The second-order valence-electron chi connectivity index (χ2n) is 11.1. The molecule has 1 N–H and O–H groups in total. The Labute approximate surface area is 246 Å². The number of anilines is 1. The molecule has 0 unspecified atom stereocenters. The lowest BCUT2D eigenvalue weighted by Crippen LogP contribution is -2.54. The van der Waals surface area contributed by atoms with Gasteiger partial charge in [-0.1, -0.05) is 125 Å². The first-order valence-electron chi connectivity index (χ1n) is 14.2. The van der Waals surface area contributed by atoms with Crippen molar-refractivity contribution in [3.63, 3.8) is 0 Å². The van der Waals surface area contributed by atoms with E-state index < -0.39 is 8.07 Å². The van der Waals surface area contributed by atoms with E-state index >= 15 is 0 Å². The lowest BCUT2D eigenvalue weighted by molar-refractivity contribution is -0.112. The van der Waals surface area contributed by atoms with Crippen LogP contribution in [0, 0.1) is 22.9 Å². The van der Waals surface area contributed by atoms with Crippen LogP contribution in [-0.2, 0) is 4.79 Å². The van der Waals surface area contributed by atoms with E-state index in [9.17, 15) is 4.79 Å². The molecular weight excluding hydrogens is 515 g/mol. The van der Waals surface area contributed by atoms with Gasteiger partial charge in [-0.25, -0.2) is 0 Å². The third-order valence-corrected chi connectivity index (χ3v) is 11.5. The number of hydrogen-bond donors (Lipinski definition) is 1. The average Bonchev–Trinajstić information content (AvgIpc) is 2.98. The summed E-state index contributed by atoms with van der Waals surface area (Å²) >= 11 is 0. The SMILES string of the molecule is CCCC(=Cc1ccccc1[Si](C#Cc1ccccc1)(C#Cc1ccccc1)C(C)(C)C)C(=O)Nc1ccccc1. The second kappa shape index (κ2) is 13.7. The summed E-state index contributed by atoms with van der Waals surface area (Å²) in [5, 5.41) is 3.98. The molecule has 0 heterocycles. The lowest BCUT2D eigenvalue weighted by atomic mass is 10.1. The van der Waals surface area contributed by atoms with Gasteiger partial charge in [0, 0.05) is 22.4 Å². The molecule has 0 aliphatic rings. The summed E-state index contributed by atoms with van der Waals surface area (Å²) in [6.45, 7) is 8.83. The quantitative estimate of drug-likeness (QED) is 0.146. The summed E-state index contributed by atoms with van der Waals surface area (Å²) < 4.78 is 0. The van der Waals surface area contributed by atoms with Crippen LogP contribution < -0.4 is 10.5 Å². The third kappa shape index (κ3) is 7.55. The van der Waals surface area contributed by atoms with E-state index in [2.05, 4.69) is 80.2 Å². The van der Waals surface area contributed by atoms with E-state index in [1.807, 2.05) is 97.1 Å². The molecule has 4 rings (SSSR count). The van der Waals surface area contributed by atoms with Crippen LogP contribution in [-0.4, -0.2) is 14.0 Å². The van der Waals surface area contributed by atoms with Crippen molar-refractivity contribution in [2.24, 2.45) is 0 Å². The molecule has 0 aromatic heterocycles. The smallest absolute Gasteiger partial charge is 0.252 e. The number of para-hydroxylation sites is 1. The van der Waals surface area contributed by atoms with Crippen molar-refractivity contribution >= 4 is 30.9 Å². The van der Waals surface area contributed by atoms with Gasteiger partial charge in [-0.05, 0) is 64.7 Å². The number of rotatable bonds is 6. The van der Waals surface area contributed by atoms with Crippen LogP contribution in [0.25, 0.3) is 6.08 Å². The van der Waals surface area contributed by atoms with E-state index in [0.717, 1.165) is 39.6 Å². The fourth-order valence-corrected chi connectivity index (χ4v) is 8.21. The Morgan fingerprint density at radius 3 is 1.73 bits per heavy atom. The summed E-state index contributed by atoms with van der Waals surface area (Å²) in [7, 11) is -2.88. The van der Waals surface area contributed by atoms with Crippen molar-refractivity contribution in [3.8, 4) is 22.9 Å². The van der Waals surface area contributed by atoms with Crippen LogP contribution in [0.1, 0.15) is 57.2 Å². The minimum atomic E-state index is -2.88. The predicted molar refractivity (Wildman–Crippen MR) is 176 cm³/mol. The van der Waals surface area contributed by atoms with E-state index in [1.165, 1.54) is 0 Å². The molecule has 0 aliphatic heterocycles. The Morgan fingerprint density at radius 1 is 0.732 bits per heavy atom. The Hall–Kier alpha value is -4.57. The minimum Gasteiger partial charge on any atom is -0.322 e. The molecule has 0 bridgehead atoms. The summed E-state index contributed by atoms with van der Waals surface area (Å²) in [5.41, 5.74) is 12.0. The molecule has 0 saturated carbocycles. The highest BCUT2D eigenvalue weighted by Gasteiger charge is 2.46. The van der Waals surface area contributed by atoms with E-state index in [4.69, 9.17) is 0 Å². The molecule has 0 fully saturated rings. The van der Waals surface area contributed by atoms with Crippen LogP contribution in [0.2, 0.25) is 5.04 Å². The van der Waals surface area contributed by atoms with Crippen LogP contribution in [0.5, 0.6) is 0 Å². The Balaban J connectivity index is 1.92. The van der Waals surface area contributed by atoms with Gasteiger partial charge in [0.25, 0.3) is 14.0 Å². The van der Waals surface area contributed by atoms with E-state index in [-0.39, 0.29) is 10.9 Å². The third-order valence-electron chi connectivity index (χ3n) is 7.00. The normalized spacial score (nSPS) is 11.5. The standard InChI is InChI=1S/C38H37NOSi/c1-5-17-34(37(40)39-35-23-13-8-14-24-35)30-33-22-15-16-25-36(33)41(38(2,3)4,28-26-31-18-9-6-10-19-31)29-27-32-20-11-7-12-21-32/h6-16,18-25,30H,5,17H2,1-4H3,(H,39,40). The van der Waals surface area contributed by atoms with Crippen LogP contribution in [0.3, 0.4) is 0 Å².